The van der Waals surface area contributed by atoms with Crippen LogP contribution in [0.4, 0.5) is 0 Å². The average molecular weight is 309 g/mol. The van der Waals surface area contributed by atoms with E-state index < -0.39 is 10.0 Å². The van der Waals surface area contributed by atoms with Crippen LogP contribution < -0.4 is 5.73 Å². The molecule has 0 amide bonds. The van der Waals surface area contributed by atoms with Gasteiger partial charge in [-0.3, -0.25) is 0 Å². The van der Waals surface area contributed by atoms with Gasteiger partial charge in [-0.15, -0.1) is 0 Å². The van der Waals surface area contributed by atoms with E-state index in [0.29, 0.717) is 30.0 Å². The normalized spacial score (nSPS) is 13.4. The topological polar surface area (TPSA) is 87.2 Å². The fraction of sp³-hybridized carbons (Fsp3) is 0.533. The maximum atomic E-state index is 12.3. The van der Waals surface area contributed by atoms with E-state index in [1.54, 1.807) is 31.3 Å². The molecular weight excluding hydrogens is 286 g/mol. The van der Waals surface area contributed by atoms with Crippen LogP contribution in [0.3, 0.4) is 0 Å². The quantitative estimate of drug-likeness (QED) is 0.830. The zero-order valence-corrected chi connectivity index (χ0v) is 13.6. The standard InChI is InChI=1S/C15H23N3O2S/c1-12(2)15(17)8-9-18(3)21(19,20)11-14-7-5-4-6-13(14)10-16/h4-7,12,15H,8-9,11,17H2,1-3H3. The van der Waals surface area contributed by atoms with Crippen molar-refractivity contribution in [2.75, 3.05) is 13.6 Å². The van der Waals surface area contributed by atoms with E-state index in [-0.39, 0.29) is 11.8 Å². The Bertz CT molecular complexity index is 606. The number of nitrogens with two attached hydrogens (primary N) is 1. The monoisotopic (exact) mass is 309 g/mol. The molecule has 0 radical (unpaired) electrons. The van der Waals surface area contributed by atoms with Gasteiger partial charge in [-0.05, 0) is 24.0 Å². The Hall–Kier alpha value is -1.42. The number of nitriles is 1. The molecule has 0 aliphatic rings. The fourth-order valence-electron chi connectivity index (χ4n) is 1.87. The van der Waals surface area contributed by atoms with Crippen LogP contribution in [0.25, 0.3) is 0 Å². The molecule has 6 heteroatoms. The molecule has 0 fully saturated rings. The van der Waals surface area contributed by atoms with Gasteiger partial charge < -0.3 is 5.73 Å². The van der Waals surface area contributed by atoms with Crippen LogP contribution >= 0.6 is 0 Å². The highest BCUT2D eigenvalue weighted by atomic mass is 32.2. The molecule has 0 aromatic heterocycles. The largest absolute Gasteiger partial charge is 0.327 e. The van der Waals surface area contributed by atoms with Crippen molar-refractivity contribution in [3.05, 3.63) is 35.4 Å². The van der Waals surface area contributed by atoms with Crippen molar-refractivity contribution >= 4 is 10.0 Å². The predicted molar refractivity (Wildman–Crippen MR) is 83.8 cm³/mol. The van der Waals surface area contributed by atoms with Crippen molar-refractivity contribution in [2.45, 2.75) is 32.1 Å². The van der Waals surface area contributed by atoms with E-state index >= 15 is 0 Å². The van der Waals surface area contributed by atoms with E-state index in [4.69, 9.17) is 11.0 Å². The molecule has 1 unspecified atom stereocenters. The molecule has 21 heavy (non-hydrogen) atoms. The highest BCUT2D eigenvalue weighted by Crippen LogP contribution is 2.15. The predicted octanol–water partition coefficient (Wildman–Crippen LogP) is 1.69. The maximum Gasteiger partial charge on any atom is 0.218 e. The molecule has 5 nitrogen and oxygen atoms in total. The van der Waals surface area contributed by atoms with Gasteiger partial charge in [0, 0.05) is 19.6 Å². The molecule has 0 saturated heterocycles. The summed E-state index contributed by atoms with van der Waals surface area (Å²) in [4.78, 5) is 0. The summed E-state index contributed by atoms with van der Waals surface area (Å²) in [5, 5.41) is 9.02. The van der Waals surface area contributed by atoms with Crippen molar-refractivity contribution in [3.8, 4) is 6.07 Å². The summed E-state index contributed by atoms with van der Waals surface area (Å²) < 4.78 is 26.0. The number of rotatable bonds is 7. The summed E-state index contributed by atoms with van der Waals surface area (Å²) in [6.45, 7) is 4.42. The molecule has 0 bridgehead atoms. The molecule has 1 aromatic rings. The van der Waals surface area contributed by atoms with E-state index in [9.17, 15) is 8.42 Å². The highest BCUT2D eigenvalue weighted by molar-refractivity contribution is 7.88. The lowest BCUT2D eigenvalue weighted by atomic mass is 10.0. The van der Waals surface area contributed by atoms with Crippen molar-refractivity contribution in [3.63, 3.8) is 0 Å². The van der Waals surface area contributed by atoms with E-state index in [2.05, 4.69) is 0 Å². The van der Waals surface area contributed by atoms with E-state index in [1.165, 1.54) is 4.31 Å². The maximum absolute atomic E-state index is 12.3. The first-order chi connectivity index (χ1) is 9.77. The second-order valence-electron chi connectivity index (χ2n) is 5.54. The molecule has 0 saturated carbocycles. The minimum Gasteiger partial charge on any atom is -0.327 e. The lowest BCUT2D eigenvalue weighted by molar-refractivity contribution is 0.397. The number of hydrogen-bond donors (Lipinski definition) is 1. The van der Waals surface area contributed by atoms with Crippen LogP contribution in [-0.2, 0) is 15.8 Å². The van der Waals surface area contributed by atoms with Crippen LogP contribution in [0.15, 0.2) is 24.3 Å². The molecule has 1 aromatic carbocycles. The van der Waals surface area contributed by atoms with Gasteiger partial charge in [-0.2, -0.15) is 5.26 Å². The summed E-state index contributed by atoms with van der Waals surface area (Å²) in [5.74, 6) is 0.157. The third-order valence-corrected chi connectivity index (χ3v) is 5.39. The minimum absolute atomic E-state index is 0.0194. The number of hydrogen-bond acceptors (Lipinski definition) is 4. The van der Waals surface area contributed by atoms with Crippen LogP contribution in [0.2, 0.25) is 0 Å². The van der Waals surface area contributed by atoms with Crippen molar-refractivity contribution in [1.82, 2.24) is 4.31 Å². The second kappa shape index (κ2) is 7.55. The number of benzene rings is 1. The highest BCUT2D eigenvalue weighted by Gasteiger charge is 2.21. The van der Waals surface area contributed by atoms with Crippen LogP contribution in [-0.4, -0.2) is 32.4 Å². The smallest absolute Gasteiger partial charge is 0.218 e. The Kier molecular flexibility index (Phi) is 6.34. The first kappa shape index (κ1) is 17.6. The third kappa shape index (κ3) is 5.12. The lowest BCUT2D eigenvalue weighted by Gasteiger charge is -2.21. The molecular formula is C15H23N3O2S. The summed E-state index contributed by atoms with van der Waals surface area (Å²) in [5.41, 5.74) is 6.87. The summed E-state index contributed by atoms with van der Waals surface area (Å²) in [6.07, 6.45) is 0.618. The molecule has 0 heterocycles. The van der Waals surface area contributed by atoms with Gasteiger partial charge in [-0.1, -0.05) is 32.0 Å². The van der Waals surface area contributed by atoms with Gasteiger partial charge in [0.2, 0.25) is 10.0 Å². The van der Waals surface area contributed by atoms with Gasteiger partial charge in [0.1, 0.15) is 0 Å². The third-order valence-electron chi connectivity index (χ3n) is 3.58. The number of sulfonamides is 1. The average Bonchev–Trinajstić information content (AvgIpc) is 2.44. The van der Waals surface area contributed by atoms with Gasteiger partial charge in [0.15, 0.2) is 0 Å². The fourth-order valence-corrected chi connectivity index (χ4v) is 3.11. The van der Waals surface area contributed by atoms with Crippen molar-refractivity contribution in [2.24, 2.45) is 11.7 Å². The molecule has 0 aliphatic carbocycles. The Morgan fingerprint density at radius 2 is 1.95 bits per heavy atom. The van der Waals surface area contributed by atoms with Gasteiger partial charge in [0.05, 0.1) is 17.4 Å². The number of nitrogens with zero attached hydrogens (tertiary/aromatic N) is 2. The first-order valence-corrected chi connectivity index (χ1v) is 8.56. The molecule has 0 spiro atoms. The summed E-state index contributed by atoms with van der Waals surface area (Å²) in [6, 6.07) is 8.75. The minimum atomic E-state index is -3.44. The second-order valence-corrected chi connectivity index (χ2v) is 7.62. The van der Waals surface area contributed by atoms with Crippen LogP contribution in [0, 0.1) is 17.2 Å². The molecule has 1 atom stereocenters. The Balaban J connectivity index is 2.75. The van der Waals surface area contributed by atoms with Crippen molar-refractivity contribution < 1.29 is 8.42 Å². The Morgan fingerprint density at radius 3 is 2.52 bits per heavy atom. The zero-order valence-electron chi connectivity index (χ0n) is 12.8. The van der Waals surface area contributed by atoms with Crippen LogP contribution in [0.1, 0.15) is 31.4 Å². The SMILES string of the molecule is CC(C)C(N)CCN(C)S(=O)(=O)Cc1ccccc1C#N. The van der Waals surface area contributed by atoms with E-state index in [0.717, 1.165) is 0 Å². The summed E-state index contributed by atoms with van der Waals surface area (Å²) in [7, 11) is -1.89. The van der Waals surface area contributed by atoms with Gasteiger partial charge in [-0.25, -0.2) is 12.7 Å². The summed E-state index contributed by atoms with van der Waals surface area (Å²) >= 11 is 0. The lowest BCUT2D eigenvalue weighted by Crippen LogP contribution is -2.35. The molecule has 1 rings (SSSR count). The van der Waals surface area contributed by atoms with E-state index in [1.807, 2.05) is 19.9 Å². The molecule has 2 N–H and O–H groups in total. The first-order valence-electron chi connectivity index (χ1n) is 6.95. The van der Waals surface area contributed by atoms with Crippen molar-refractivity contribution in [1.29, 1.82) is 5.26 Å². The Labute approximate surface area is 127 Å². The zero-order chi connectivity index (χ0) is 16.0. The Morgan fingerprint density at radius 1 is 1.33 bits per heavy atom. The van der Waals surface area contributed by atoms with Gasteiger partial charge >= 0.3 is 0 Å². The van der Waals surface area contributed by atoms with Gasteiger partial charge in [0.25, 0.3) is 0 Å². The molecule has 0 aliphatic heterocycles. The van der Waals surface area contributed by atoms with Crippen LogP contribution in [0.5, 0.6) is 0 Å². The molecule has 116 valence electrons.